The average Bonchev–Trinajstić information content (AvgIpc) is 2.96. The Labute approximate surface area is 273 Å². The van der Waals surface area contributed by atoms with E-state index in [1.165, 1.54) is 6.07 Å². The van der Waals surface area contributed by atoms with Gasteiger partial charge in [0, 0.05) is 11.6 Å². The molecule has 0 atom stereocenters. The summed E-state index contributed by atoms with van der Waals surface area (Å²) in [5.74, 6) is -9.05. The summed E-state index contributed by atoms with van der Waals surface area (Å²) in [6.07, 6.45) is -2.66. The summed E-state index contributed by atoms with van der Waals surface area (Å²) in [4.78, 5) is 0. The molecule has 0 fully saturated rings. The van der Waals surface area contributed by atoms with Crippen molar-refractivity contribution in [3.63, 3.8) is 0 Å². The lowest BCUT2D eigenvalue weighted by atomic mass is 9.98. The van der Waals surface area contributed by atoms with E-state index in [1.807, 2.05) is 6.92 Å². The van der Waals surface area contributed by atoms with Crippen molar-refractivity contribution in [1.29, 1.82) is 0 Å². The van der Waals surface area contributed by atoms with Crippen LogP contribution in [0.1, 0.15) is 30.9 Å². The van der Waals surface area contributed by atoms with Crippen LogP contribution in [-0.4, -0.2) is 0 Å². The first-order chi connectivity index (χ1) is 22.2. The van der Waals surface area contributed by atoms with Crippen LogP contribution in [0.5, 0.6) is 5.75 Å². The fraction of sp³-hybridized carbons (Fsp3) is 0.143. The molecule has 5 rings (SSSR count). The zero-order chi connectivity index (χ0) is 34.2. The Morgan fingerprint density at radius 3 is 1.72 bits per heavy atom. The van der Waals surface area contributed by atoms with Crippen LogP contribution >= 0.6 is 23.2 Å². The number of aryl methyl sites for hydroxylation is 1. The molecule has 1 nitrogen and oxygen atoms in total. The van der Waals surface area contributed by atoms with E-state index in [0.29, 0.717) is 30.5 Å². The number of halogens is 11. The molecule has 0 aliphatic heterocycles. The number of unbranched alkanes of at least 4 members (excludes halogenated alkanes) is 1. The monoisotopic (exact) mass is 698 g/mol. The van der Waals surface area contributed by atoms with E-state index < -0.39 is 85.4 Å². The maximum absolute atomic E-state index is 15.2. The smallest absolute Gasteiger partial charge is 0.429 e. The summed E-state index contributed by atoms with van der Waals surface area (Å²) in [5.41, 5.74) is -3.73. The third-order valence-electron chi connectivity index (χ3n) is 7.29. The van der Waals surface area contributed by atoms with Gasteiger partial charge in [-0.05, 0) is 95.8 Å². The van der Waals surface area contributed by atoms with Crippen LogP contribution in [0.15, 0.2) is 72.8 Å². The van der Waals surface area contributed by atoms with Crippen LogP contribution in [0.3, 0.4) is 0 Å². The molecule has 47 heavy (non-hydrogen) atoms. The lowest BCUT2D eigenvalue weighted by Gasteiger charge is -2.21. The van der Waals surface area contributed by atoms with Crippen LogP contribution in [-0.2, 0) is 12.5 Å². The zero-order valence-electron chi connectivity index (χ0n) is 24.1. The molecular weight excluding hydrogens is 678 g/mol. The van der Waals surface area contributed by atoms with Crippen molar-refractivity contribution in [1.82, 2.24) is 0 Å². The van der Waals surface area contributed by atoms with E-state index in [-0.39, 0.29) is 16.1 Å². The van der Waals surface area contributed by atoms with Gasteiger partial charge in [0.2, 0.25) is 0 Å². The fourth-order valence-electron chi connectivity index (χ4n) is 5.07. The van der Waals surface area contributed by atoms with Gasteiger partial charge in [0.05, 0.1) is 21.2 Å². The van der Waals surface area contributed by atoms with Crippen molar-refractivity contribution in [3.05, 3.63) is 135 Å². The summed E-state index contributed by atoms with van der Waals surface area (Å²) in [6, 6.07) is 10.2. The Bertz CT molecular complexity index is 1930. The van der Waals surface area contributed by atoms with Crippen molar-refractivity contribution < 1.29 is 44.3 Å². The van der Waals surface area contributed by atoms with Crippen LogP contribution in [0.2, 0.25) is 10.0 Å². The highest BCUT2D eigenvalue weighted by Gasteiger charge is 2.41. The Morgan fingerprint density at radius 2 is 1.15 bits per heavy atom. The van der Waals surface area contributed by atoms with Crippen LogP contribution in [0, 0.1) is 40.7 Å². The molecule has 0 spiro atoms. The van der Waals surface area contributed by atoms with Crippen LogP contribution in [0.4, 0.5) is 39.5 Å². The molecule has 0 N–H and O–H groups in total. The first-order valence-electron chi connectivity index (χ1n) is 14.0. The van der Waals surface area contributed by atoms with Gasteiger partial charge in [0.15, 0.2) is 0 Å². The zero-order valence-corrected chi connectivity index (χ0v) is 25.6. The van der Waals surface area contributed by atoms with E-state index in [2.05, 4.69) is 4.74 Å². The van der Waals surface area contributed by atoms with E-state index in [1.54, 1.807) is 0 Å². The van der Waals surface area contributed by atoms with E-state index in [0.717, 1.165) is 61.0 Å². The highest BCUT2D eigenvalue weighted by molar-refractivity contribution is 6.31. The van der Waals surface area contributed by atoms with Crippen molar-refractivity contribution >= 4 is 23.2 Å². The summed E-state index contributed by atoms with van der Waals surface area (Å²) >= 11 is 11.6. The van der Waals surface area contributed by atoms with E-state index in [9.17, 15) is 22.0 Å². The fourth-order valence-corrected chi connectivity index (χ4v) is 5.51. The van der Waals surface area contributed by atoms with Gasteiger partial charge in [-0.3, -0.25) is 0 Å². The van der Waals surface area contributed by atoms with Crippen LogP contribution < -0.4 is 4.74 Å². The molecule has 0 aliphatic rings. The van der Waals surface area contributed by atoms with Crippen LogP contribution in [0.25, 0.3) is 33.4 Å². The van der Waals surface area contributed by atoms with Crippen molar-refractivity contribution in [2.75, 3.05) is 0 Å². The molecule has 0 saturated carbocycles. The van der Waals surface area contributed by atoms with Gasteiger partial charge in [-0.2, -0.15) is 8.78 Å². The van der Waals surface area contributed by atoms with Crippen molar-refractivity contribution in [3.8, 4) is 39.1 Å². The average molecular weight is 699 g/mol. The Morgan fingerprint density at radius 1 is 0.574 bits per heavy atom. The molecule has 0 aromatic heterocycles. The number of rotatable bonds is 9. The molecule has 0 unspecified atom stereocenters. The largest absolute Gasteiger partial charge is 0.431 e. The van der Waals surface area contributed by atoms with Crippen molar-refractivity contribution in [2.45, 2.75) is 32.3 Å². The predicted octanol–water partition coefficient (Wildman–Crippen LogP) is 12.4. The van der Waals surface area contributed by atoms with Gasteiger partial charge in [0.1, 0.15) is 52.0 Å². The lowest BCUT2D eigenvalue weighted by molar-refractivity contribution is -0.187. The first-order valence-corrected chi connectivity index (χ1v) is 14.7. The molecule has 0 radical (unpaired) electrons. The van der Waals surface area contributed by atoms with Gasteiger partial charge in [0.25, 0.3) is 0 Å². The first kappa shape index (κ1) is 34.2. The van der Waals surface area contributed by atoms with Gasteiger partial charge < -0.3 is 4.74 Å². The second kappa shape index (κ2) is 13.5. The molecule has 0 bridgehead atoms. The van der Waals surface area contributed by atoms with E-state index >= 15 is 17.6 Å². The summed E-state index contributed by atoms with van der Waals surface area (Å²) < 4.78 is 138. The summed E-state index contributed by atoms with van der Waals surface area (Å²) in [6.45, 7) is 1.90. The minimum absolute atomic E-state index is 0.172. The third kappa shape index (κ3) is 7.09. The van der Waals surface area contributed by atoms with E-state index in [4.69, 9.17) is 23.2 Å². The highest BCUT2D eigenvalue weighted by Crippen LogP contribution is 2.42. The molecule has 5 aromatic carbocycles. The molecule has 12 heteroatoms. The minimum atomic E-state index is -4.51. The molecule has 0 amide bonds. The summed E-state index contributed by atoms with van der Waals surface area (Å²) in [5, 5.41) is -1.19. The normalized spacial score (nSPS) is 11.7. The SMILES string of the molecule is CCCCc1cc(F)c(-c2cc(F)c(C(F)(F)Oc3ccc(-c4cc(F)c(-c5ccc(Cl)c(F)c5)c(F)c4)c(F)c3)c(Cl)c2)c(F)c1. The molecule has 5 aromatic rings. The Kier molecular flexibility index (Phi) is 9.84. The van der Waals surface area contributed by atoms with Gasteiger partial charge in [-0.1, -0.05) is 42.6 Å². The van der Waals surface area contributed by atoms with Gasteiger partial charge in [-0.15, -0.1) is 0 Å². The number of hydrogen-bond donors (Lipinski definition) is 0. The maximum Gasteiger partial charge on any atom is 0.431 e. The minimum Gasteiger partial charge on any atom is -0.429 e. The molecule has 0 aliphatic carbocycles. The van der Waals surface area contributed by atoms with Gasteiger partial charge in [-0.25, -0.2) is 30.7 Å². The lowest BCUT2D eigenvalue weighted by Crippen LogP contribution is -2.24. The Hall–Kier alpha value is -4.15. The third-order valence-corrected chi connectivity index (χ3v) is 7.90. The van der Waals surface area contributed by atoms with Gasteiger partial charge >= 0.3 is 6.11 Å². The highest BCUT2D eigenvalue weighted by atomic mass is 35.5. The maximum atomic E-state index is 15.2. The second-order valence-corrected chi connectivity index (χ2v) is 11.4. The molecule has 0 saturated heterocycles. The topological polar surface area (TPSA) is 9.23 Å². The standard InChI is InChI=1S/C35H21Cl2F9O/c1-2-3-4-17-9-27(40)33(28(41)10-17)20-11-24(37)34(31(44)15-20)35(45,46)47-21-6-7-22(25(38)16-21)19-13-29(42)32(30(43)14-19)18-5-8-23(36)26(39)12-18/h5-16H,2-4H2,1H3. The van der Waals surface area contributed by atoms with Crippen molar-refractivity contribution in [2.24, 2.45) is 0 Å². The summed E-state index contributed by atoms with van der Waals surface area (Å²) in [7, 11) is 0. The Balaban J connectivity index is 1.41. The number of alkyl halides is 2. The predicted molar refractivity (Wildman–Crippen MR) is 162 cm³/mol. The molecule has 0 heterocycles. The molecule has 244 valence electrons. The molecular formula is C35H21Cl2F9O. The second-order valence-electron chi connectivity index (χ2n) is 10.6. The number of ether oxygens (including phenoxy) is 1. The quantitative estimate of drug-likeness (QED) is 0.139. The number of benzene rings is 5. The number of hydrogen-bond acceptors (Lipinski definition) is 1.